The van der Waals surface area contributed by atoms with E-state index in [1.807, 2.05) is 6.92 Å². The van der Waals surface area contributed by atoms with Gasteiger partial charge in [0.15, 0.2) is 0 Å². The summed E-state index contributed by atoms with van der Waals surface area (Å²) in [5, 5.41) is 17.3. The predicted molar refractivity (Wildman–Crippen MR) is 40.4 cm³/mol. The van der Waals surface area contributed by atoms with Crippen molar-refractivity contribution in [3.8, 4) is 11.8 Å². The Morgan fingerprint density at radius 1 is 1.50 bits per heavy atom. The van der Waals surface area contributed by atoms with Crippen molar-refractivity contribution in [1.82, 2.24) is 0 Å². The predicted octanol–water partition coefficient (Wildman–Crippen LogP) is 0.533. The van der Waals surface area contributed by atoms with E-state index in [2.05, 4.69) is 11.8 Å². The van der Waals surface area contributed by atoms with E-state index in [1.165, 1.54) is 0 Å². The van der Waals surface area contributed by atoms with Crippen molar-refractivity contribution in [2.45, 2.75) is 32.3 Å². The average Bonchev–Trinajstić information content (AvgIpc) is 1.98. The minimum absolute atomic E-state index is 0.177. The molecule has 1 atom stereocenters. The second-order valence-corrected chi connectivity index (χ2v) is 2.07. The van der Waals surface area contributed by atoms with Gasteiger partial charge >= 0.3 is 0 Å². The monoisotopic (exact) mass is 142 g/mol. The van der Waals surface area contributed by atoms with Gasteiger partial charge in [-0.15, -0.1) is 5.92 Å². The maximum atomic E-state index is 8.92. The van der Waals surface area contributed by atoms with Crippen LogP contribution in [0.3, 0.4) is 0 Å². The Balaban J connectivity index is 3.29. The molecule has 0 bridgehead atoms. The maximum Gasteiger partial charge on any atom is 0.114 e. The molecule has 0 aliphatic carbocycles. The van der Waals surface area contributed by atoms with Crippen molar-refractivity contribution in [3.05, 3.63) is 0 Å². The Kier molecular flexibility index (Phi) is 6.25. The van der Waals surface area contributed by atoms with Gasteiger partial charge in [0.05, 0.1) is 0 Å². The first-order valence-corrected chi connectivity index (χ1v) is 3.58. The highest BCUT2D eigenvalue weighted by Crippen LogP contribution is 1.88. The number of hydrogen-bond acceptors (Lipinski definition) is 2. The highest BCUT2D eigenvalue weighted by Gasteiger charge is 1.89. The van der Waals surface area contributed by atoms with Gasteiger partial charge in [-0.25, -0.2) is 0 Å². The van der Waals surface area contributed by atoms with Crippen molar-refractivity contribution < 1.29 is 10.2 Å². The molecule has 0 amide bonds. The molecular weight excluding hydrogens is 128 g/mol. The zero-order valence-electron chi connectivity index (χ0n) is 6.30. The van der Waals surface area contributed by atoms with E-state index >= 15 is 0 Å². The summed E-state index contributed by atoms with van der Waals surface area (Å²) in [5.41, 5.74) is 0. The molecule has 2 N–H and O–H groups in total. The first-order valence-electron chi connectivity index (χ1n) is 3.58. The Morgan fingerprint density at radius 2 is 2.20 bits per heavy atom. The third-order valence-corrected chi connectivity index (χ3v) is 1.12. The van der Waals surface area contributed by atoms with Crippen molar-refractivity contribution in [1.29, 1.82) is 0 Å². The summed E-state index contributed by atoms with van der Waals surface area (Å²) < 4.78 is 0. The van der Waals surface area contributed by atoms with Crippen LogP contribution in [0, 0.1) is 11.8 Å². The van der Waals surface area contributed by atoms with Crippen molar-refractivity contribution in [3.63, 3.8) is 0 Å². The smallest absolute Gasteiger partial charge is 0.114 e. The van der Waals surface area contributed by atoms with Gasteiger partial charge in [-0.2, -0.15) is 0 Å². The Hall–Kier alpha value is -0.520. The lowest BCUT2D eigenvalue weighted by molar-refractivity contribution is 0.228. The fourth-order valence-corrected chi connectivity index (χ4v) is 0.459. The summed E-state index contributed by atoms with van der Waals surface area (Å²) in [4.78, 5) is 0. The molecule has 1 unspecified atom stereocenters. The van der Waals surface area contributed by atoms with Gasteiger partial charge in [0.2, 0.25) is 0 Å². The molecule has 0 fully saturated rings. The van der Waals surface area contributed by atoms with E-state index in [9.17, 15) is 0 Å². The maximum absolute atomic E-state index is 8.92. The SMILES string of the molecule is CCC(O)C#CCCCO. The molecule has 0 rings (SSSR count). The van der Waals surface area contributed by atoms with Crippen molar-refractivity contribution in [2.75, 3.05) is 6.61 Å². The van der Waals surface area contributed by atoms with Crippen molar-refractivity contribution in [2.24, 2.45) is 0 Å². The molecule has 2 nitrogen and oxygen atoms in total. The lowest BCUT2D eigenvalue weighted by Gasteiger charge is -1.93. The lowest BCUT2D eigenvalue weighted by atomic mass is 10.2. The molecule has 58 valence electrons. The average molecular weight is 142 g/mol. The molecule has 0 aromatic carbocycles. The van der Waals surface area contributed by atoms with Crippen LogP contribution < -0.4 is 0 Å². The van der Waals surface area contributed by atoms with E-state index < -0.39 is 6.10 Å². The second kappa shape index (κ2) is 6.60. The van der Waals surface area contributed by atoms with Crippen molar-refractivity contribution >= 4 is 0 Å². The number of aliphatic hydroxyl groups is 2. The van der Waals surface area contributed by atoms with Crippen LogP contribution in [-0.2, 0) is 0 Å². The molecule has 0 aromatic heterocycles. The largest absolute Gasteiger partial charge is 0.396 e. The number of aliphatic hydroxyl groups excluding tert-OH is 2. The van der Waals surface area contributed by atoms with Gasteiger partial charge in [0.25, 0.3) is 0 Å². The number of unbranched alkanes of at least 4 members (excludes halogenated alkanes) is 1. The van der Waals surface area contributed by atoms with Crippen LogP contribution >= 0.6 is 0 Å². The zero-order valence-corrected chi connectivity index (χ0v) is 6.30. The molecule has 0 saturated heterocycles. The van der Waals surface area contributed by atoms with Gasteiger partial charge in [-0.1, -0.05) is 12.8 Å². The van der Waals surface area contributed by atoms with E-state index in [-0.39, 0.29) is 6.61 Å². The quantitative estimate of drug-likeness (QED) is 0.446. The molecule has 0 heterocycles. The lowest BCUT2D eigenvalue weighted by Crippen LogP contribution is -1.98. The van der Waals surface area contributed by atoms with E-state index in [0.717, 1.165) is 0 Å². The molecule has 0 aromatic rings. The Bertz CT molecular complexity index is 121. The first kappa shape index (κ1) is 9.48. The third-order valence-electron chi connectivity index (χ3n) is 1.12. The standard InChI is InChI=1S/C8H14O2/c1-2-8(10)6-4-3-5-7-9/h8-10H,2-3,5,7H2,1H3. The van der Waals surface area contributed by atoms with Gasteiger partial charge in [0, 0.05) is 13.0 Å². The summed E-state index contributed by atoms with van der Waals surface area (Å²) in [6.07, 6.45) is 1.56. The summed E-state index contributed by atoms with van der Waals surface area (Å²) in [7, 11) is 0. The molecule has 2 heteroatoms. The second-order valence-electron chi connectivity index (χ2n) is 2.07. The normalized spacial score (nSPS) is 11.9. The third kappa shape index (κ3) is 5.61. The minimum Gasteiger partial charge on any atom is -0.396 e. The zero-order chi connectivity index (χ0) is 7.82. The molecule has 0 aliphatic rings. The molecule has 0 radical (unpaired) electrons. The molecular formula is C8H14O2. The summed E-state index contributed by atoms with van der Waals surface area (Å²) >= 11 is 0. The van der Waals surface area contributed by atoms with Crippen LogP contribution in [0.25, 0.3) is 0 Å². The van der Waals surface area contributed by atoms with E-state index in [1.54, 1.807) is 0 Å². The molecule has 0 saturated carbocycles. The highest BCUT2D eigenvalue weighted by molar-refractivity contribution is 5.03. The van der Waals surface area contributed by atoms with Gasteiger partial charge in [0.1, 0.15) is 6.10 Å². The van der Waals surface area contributed by atoms with Crippen LogP contribution in [0.1, 0.15) is 26.2 Å². The fraction of sp³-hybridized carbons (Fsp3) is 0.750. The number of rotatable bonds is 3. The summed E-state index contributed by atoms with van der Waals surface area (Å²) in [5.74, 6) is 5.44. The van der Waals surface area contributed by atoms with Gasteiger partial charge < -0.3 is 10.2 Å². The molecule has 10 heavy (non-hydrogen) atoms. The topological polar surface area (TPSA) is 40.5 Å². The molecule has 0 spiro atoms. The highest BCUT2D eigenvalue weighted by atomic mass is 16.3. The van der Waals surface area contributed by atoms with Crippen LogP contribution in [0.5, 0.6) is 0 Å². The fourth-order valence-electron chi connectivity index (χ4n) is 0.459. The first-order chi connectivity index (χ1) is 4.81. The van der Waals surface area contributed by atoms with E-state index in [0.29, 0.717) is 19.3 Å². The van der Waals surface area contributed by atoms with Crippen LogP contribution in [0.15, 0.2) is 0 Å². The summed E-state index contributed by atoms with van der Waals surface area (Å²) in [6, 6.07) is 0. The van der Waals surface area contributed by atoms with E-state index in [4.69, 9.17) is 10.2 Å². The van der Waals surface area contributed by atoms with Crippen LogP contribution in [-0.4, -0.2) is 22.9 Å². The van der Waals surface area contributed by atoms with Gasteiger partial charge in [-0.05, 0) is 12.8 Å². The Morgan fingerprint density at radius 3 is 2.70 bits per heavy atom. The summed E-state index contributed by atoms with van der Waals surface area (Å²) in [6.45, 7) is 2.06. The van der Waals surface area contributed by atoms with Crippen LogP contribution in [0.4, 0.5) is 0 Å². The number of hydrogen-bond donors (Lipinski definition) is 2. The van der Waals surface area contributed by atoms with Crippen LogP contribution in [0.2, 0.25) is 0 Å². The van der Waals surface area contributed by atoms with Gasteiger partial charge in [-0.3, -0.25) is 0 Å². The Labute approximate surface area is 61.9 Å². The molecule has 0 aliphatic heterocycles. The minimum atomic E-state index is -0.487.